The van der Waals surface area contributed by atoms with Gasteiger partial charge in [-0.15, -0.1) is 0 Å². The Labute approximate surface area is 147 Å². The number of nitrogens with zero attached hydrogens (tertiary/aromatic N) is 3. The number of hydrogen-bond donors (Lipinski definition) is 1. The van der Waals surface area contributed by atoms with Crippen LogP contribution < -0.4 is 5.32 Å². The van der Waals surface area contributed by atoms with Crippen molar-refractivity contribution in [1.29, 1.82) is 0 Å². The summed E-state index contributed by atoms with van der Waals surface area (Å²) in [6.45, 7) is 4.67. The molecule has 0 aliphatic carbocycles. The highest BCUT2D eigenvalue weighted by Gasteiger charge is 2.17. The number of carbonyl (C=O) groups is 1. The van der Waals surface area contributed by atoms with E-state index in [4.69, 9.17) is 0 Å². The molecule has 128 valence electrons. The summed E-state index contributed by atoms with van der Waals surface area (Å²) in [5, 5.41) is 7.58. The predicted octanol–water partition coefficient (Wildman–Crippen LogP) is 3.36. The van der Waals surface area contributed by atoms with Crippen LogP contribution in [0.4, 0.5) is 0 Å². The van der Waals surface area contributed by atoms with Gasteiger partial charge in [0.2, 0.25) is 0 Å². The van der Waals surface area contributed by atoms with Gasteiger partial charge in [-0.05, 0) is 36.2 Å². The van der Waals surface area contributed by atoms with E-state index in [0.29, 0.717) is 18.7 Å². The first-order valence-corrected chi connectivity index (χ1v) is 8.48. The second-order valence-corrected chi connectivity index (χ2v) is 6.18. The molecule has 0 radical (unpaired) electrons. The summed E-state index contributed by atoms with van der Waals surface area (Å²) in [4.78, 5) is 16.9. The molecule has 2 aromatic heterocycles. The van der Waals surface area contributed by atoms with E-state index in [9.17, 15) is 4.79 Å². The third kappa shape index (κ3) is 4.12. The summed E-state index contributed by atoms with van der Waals surface area (Å²) in [6, 6.07) is 17.4. The van der Waals surface area contributed by atoms with Gasteiger partial charge in [0.1, 0.15) is 5.69 Å². The second-order valence-electron chi connectivity index (χ2n) is 6.18. The van der Waals surface area contributed by atoms with Gasteiger partial charge in [-0.25, -0.2) is 4.68 Å². The molecule has 5 heteroatoms. The number of para-hydroxylation sites is 1. The lowest BCUT2D eigenvalue weighted by molar-refractivity contribution is 0.0946. The van der Waals surface area contributed by atoms with Gasteiger partial charge in [-0.1, -0.05) is 38.1 Å². The van der Waals surface area contributed by atoms with Crippen LogP contribution in [0.15, 0.2) is 60.8 Å². The number of amides is 1. The molecule has 0 aliphatic heterocycles. The van der Waals surface area contributed by atoms with Gasteiger partial charge in [0.15, 0.2) is 0 Å². The Bertz CT molecular complexity index is 825. The Morgan fingerprint density at radius 3 is 2.56 bits per heavy atom. The molecule has 0 fully saturated rings. The zero-order valence-corrected chi connectivity index (χ0v) is 14.5. The third-order valence-electron chi connectivity index (χ3n) is 3.95. The van der Waals surface area contributed by atoms with E-state index in [1.807, 2.05) is 54.6 Å². The molecule has 25 heavy (non-hydrogen) atoms. The summed E-state index contributed by atoms with van der Waals surface area (Å²) in [5.41, 5.74) is 3.29. The fraction of sp³-hybridized carbons (Fsp3) is 0.250. The number of rotatable bonds is 6. The Kier molecular flexibility index (Phi) is 5.23. The lowest BCUT2D eigenvalue weighted by atomic mass is 10.1. The SMILES string of the molecule is CC(C)c1cc(C(=O)NCCc2ccccn2)n(-c2ccccc2)n1. The predicted molar refractivity (Wildman–Crippen MR) is 97.9 cm³/mol. The maximum absolute atomic E-state index is 12.7. The lowest BCUT2D eigenvalue weighted by Crippen LogP contribution is -2.28. The Hall–Kier alpha value is -2.95. The van der Waals surface area contributed by atoms with Crippen LogP contribution in [0.3, 0.4) is 0 Å². The van der Waals surface area contributed by atoms with Crippen LogP contribution in [-0.2, 0) is 6.42 Å². The number of carbonyl (C=O) groups excluding carboxylic acids is 1. The number of pyridine rings is 1. The fourth-order valence-corrected chi connectivity index (χ4v) is 2.55. The van der Waals surface area contributed by atoms with Crippen LogP contribution in [-0.4, -0.2) is 27.2 Å². The summed E-state index contributed by atoms with van der Waals surface area (Å²) < 4.78 is 1.71. The molecule has 1 N–H and O–H groups in total. The van der Waals surface area contributed by atoms with Crippen molar-refractivity contribution in [3.63, 3.8) is 0 Å². The number of benzene rings is 1. The highest BCUT2D eigenvalue weighted by Crippen LogP contribution is 2.18. The minimum Gasteiger partial charge on any atom is -0.350 e. The van der Waals surface area contributed by atoms with Gasteiger partial charge in [0.25, 0.3) is 5.91 Å². The Morgan fingerprint density at radius 1 is 1.12 bits per heavy atom. The van der Waals surface area contributed by atoms with Crippen molar-refractivity contribution >= 4 is 5.91 Å². The van der Waals surface area contributed by atoms with Gasteiger partial charge < -0.3 is 5.32 Å². The van der Waals surface area contributed by atoms with E-state index in [1.165, 1.54) is 0 Å². The highest BCUT2D eigenvalue weighted by atomic mass is 16.2. The standard InChI is InChI=1S/C20H22N4O/c1-15(2)18-14-19(24(23-18)17-9-4-3-5-10-17)20(25)22-13-11-16-8-6-7-12-21-16/h3-10,12,14-15H,11,13H2,1-2H3,(H,22,25). The summed E-state index contributed by atoms with van der Waals surface area (Å²) in [7, 11) is 0. The van der Waals surface area contributed by atoms with E-state index >= 15 is 0 Å². The van der Waals surface area contributed by atoms with Crippen molar-refractivity contribution in [2.24, 2.45) is 0 Å². The van der Waals surface area contributed by atoms with E-state index in [-0.39, 0.29) is 11.8 Å². The van der Waals surface area contributed by atoms with Gasteiger partial charge in [0.05, 0.1) is 11.4 Å². The molecule has 1 amide bonds. The first-order chi connectivity index (χ1) is 12.1. The zero-order chi connectivity index (χ0) is 17.6. The summed E-state index contributed by atoms with van der Waals surface area (Å²) in [6.07, 6.45) is 2.46. The average Bonchev–Trinajstić information content (AvgIpc) is 3.09. The van der Waals surface area contributed by atoms with Crippen LogP contribution in [0.1, 0.15) is 41.6 Å². The topological polar surface area (TPSA) is 59.8 Å². The number of aromatic nitrogens is 3. The minimum atomic E-state index is -0.126. The maximum atomic E-state index is 12.7. The molecule has 0 saturated carbocycles. The summed E-state index contributed by atoms with van der Waals surface area (Å²) >= 11 is 0. The van der Waals surface area contributed by atoms with Crippen LogP contribution in [0.5, 0.6) is 0 Å². The second kappa shape index (κ2) is 7.75. The molecule has 0 aliphatic rings. The maximum Gasteiger partial charge on any atom is 0.270 e. The Morgan fingerprint density at radius 2 is 1.88 bits per heavy atom. The smallest absolute Gasteiger partial charge is 0.270 e. The van der Waals surface area contributed by atoms with Crippen molar-refractivity contribution in [3.05, 3.63) is 77.9 Å². The van der Waals surface area contributed by atoms with Crippen molar-refractivity contribution < 1.29 is 4.79 Å². The summed E-state index contributed by atoms with van der Waals surface area (Å²) in [5.74, 6) is 0.129. The monoisotopic (exact) mass is 334 g/mol. The van der Waals surface area contributed by atoms with E-state index in [1.54, 1.807) is 10.9 Å². The molecule has 0 saturated heterocycles. The van der Waals surface area contributed by atoms with Crippen molar-refractivity contribution in [2.45, 2.75) is 26.2 Å². The van der Waals surface area contributed by atoms with Crippen molar-refractivity contribution in [3.8, 4) is 5.69 Å². The molecule has 0 unspecified atom stereocenters. The molecule has 2 heterocycles. The molecule has 3 rings (SSSR count). The Balaban J connectivity index is 1.77. The molecule has 3 aromatic rings. The van der Waals surface area contributed by atoms with Crippen molar-refractivity contribution in [2.75, 3.05) is 6.54 Å². The highest BCUT2D eigenvalue weighted by molar-refractivity contribution is 5.93. The molecule has 5 nitrogen and oxygen atoms in total. The van der Waals surface area contributed by atoms with Crippen LogP contribution in [0.2, 0.25) is 0 Å². The molecular formula is C20H22N4O. The van der Waals surface area contributed by atoms with Crippen LogP contribution in [0.25, 0.3) is 5.69 Å². The normalized spacial score (nSPS) is 10.8. The van der Waals surface area contributed by atoms with Crippen LogP contribution >= 0.6 is 0 Å². The molecule has 0 spiro atoms. The molecule has 0 bridgehead atoms. The minimum absolute atomic E-state index is 0.126. The zero-order valence-electron chi connectivity index (χ0n) is 14.5. The van der Waals surface area contributed by atoms with Crippen LogP contribution in [0, 0.1) is 0 Å². The van der Waals surface area contributed by atoms with Gasteiger partial charge in [-0.3, -0.25) is 9.78 Å². The molecule has 1 aromatic carbocycles. The first kappa shape index (κ1) is 16.9. The van der Waals surface area contributed by atoms with Crippen molar-refractivity contribution in [1.82, 2.24) is 20.1 Å². The van der Waals surface area contributed by atoms with Gasteiger partial charge in [-0.2, -0.15) is 5.10 Å². The first-order valence-electron chi connectivity index (χ1n) is 8.48. The van der Waals surface area contributed by atoms with E-state index in [0.717, 1.165) is 17.1 Å². The molecular weight excluding hydrogens is 312 g/mol. The lowest BCUT2D eigenvalue weighted by Gasteiger charge is -2.08. The van der Waals surface area contributed by atoms with E-state index < -0.39 is 0 Å². The van der Waals surface area contributed by atoms with Gasteiger partial charge >= 0.3 is 0 Å². The van der Waals surface area contributed by atoms with Gasteiger partial charge in [0, 0.05) is 24.9 Å². The third-order valence-corrected chi connectivity index (χ3v) is 3.95. The number of hydrogen-bond acceptors (Lipinski definition) is 3. The number of nitrogens with one attached hydrogen (secondary N) is 1. The average molecular weight is 334 g/mol. The fourth-order valence-electron chi connectivity index (χ4n) is 2.55. The largest absolute Gasteiger partial charge is 0.350 e. The van der Waals surface area contributed by atoms with E-state index in [2.05, 4.69) is 29.2 Å². The quantitative estimate of drug-likeness (QED) is 0.752. The molecule has 0 atom stereocenters.